The minimum atomic E-state index is 1.04. The first-order valence-electron chi connectivity index (χ1n) is 6.85. The summed E-state index contributed by atoms with van der Waals surface area (Å²) >= 11 is 0. The Hall–Kier alpha value is -2.42. The molecule has 0 aliphatic rings. The van der Waals surface area contributed by atoms with E-state index in [0.29, 0.717) is 0 Å². The van der Waals surface area contributed by atoms with Gasteiger partial charge >= 0.3 is 0 Å². The summed E-state index contributed by atoms with van der Waals surface area (Å²) in [6.45, 7) is 6.08. The van der Waals surface area contributed by atoms with Crippen LogP contribution < -0.4 is 0 Å². The molecule has 2 aromatic heterocycles. The van der Waals surface area contributed by atoms with Gasteiger partial charge in [-0.15, -0.1) is 0 Å². The van der Waals surface area contributed by atoms with Crippen LogP contribution in [-0.4, -0.2) is 15.2 Å². The standard InChI is InChI=1S/C15H13N3.C2H6/c1-11-2-4-13(5-3-11)15-14(10-17-18-15)12-6-8-16-9-7-12;1-2/h2-10H,1H3,(H,17,18);1-2H3. The van der Waals surface area contributed by atoms with Crippen LogP contribution in [0.25, 0.3) is 22.4 Å². The molecule has 3 aromatic rings. The molecule has 20 heavy (non-hydrogen) atoms. The summed E-state index contributed by atoms with van der Waals surface area (Å²) in [6, 6.07) is 12.4. The van der Waals surface area contributed by atoms with Gasteiger partial charge in [0, 0.05) is 23.5 Å². The number of hydrogen-bond donors (Lipinski definition) is 1. The lowest BCUT2D eigenvalue weighted by atomic mass is 10.0. The second-order valence-corrected chi connectivity index (χ2v) is 4.26. The fourth-order valence-electron chi connectivity index (χ4n) is 1.98. The Kier molecular flexibility index (Phi) is 4.66. The first-order valence-corrected chi connectivity index (χ1v) is 6.85. The maximum Gasteiger partial charge on any atom is 0.0728 e. The Labute approximate surface area is 119 Å². The number of aromatic nitrogens is 3. The third-order valence-electron chi connectivity index (χ3n) is 2.97. The number of hydrogen-bond acceptors (Lipinski definition) is 2. The number of nitrogens with zero attached hydrogens (tertiary/aromatic N) is 2. The summed E-state index contributed by atoms with van der Waals surface area (Å²) in [4.78, 5) is 4.04. The summed E-state index contributed by atoms with van der Waals surface area (Å²) in [7, 11) is 0. The minimum absolute atomic E-state index is 1.04. The molecule has 0 saturated carbocycles. The highest BCUT2D eigenvalue weighted by Gasteiger charge is 2.09. The average Bonchev–Trinajstić information content (AvgIpc) is 3.00. The molecule has 3 heteroatoms. The molecule has 0 unspecified atom stereocenters. The number of benzene rings is 1. The van der Waals surface area contributed by atoms with E-state index >= 15 is 0 Å². The molecule has 0 radical (unpaired) electrons. The molecule has 0 spiro atoms. The lowest BCUT2D eigenvalue weighted by Crippen LogP contribution is -1.83. The number of rotatable bonds is 2. The van der Waals surface area contributed by atoms with Crippen LogP contribution in [0.1, 0.15) is 19.4 Å². The monoisotopic (exact) mass is 265 g/mol. The Morgan fingerprint density at radius 3 is 2.15 bits per heavy atom. The lowest BCUT2D eigenvalue weighted by molar-refractivity contribution is 1.09. The summed E-state index contributed by atoms with van der Waals surface area (Å²) in [5.74, 6) is 0. The van der Waals surface area contributed by atoms with Crippen LogP contribution in [0.15, 0.2) is 55.0 Å². The van der Waals surface area contributed by atoms with Gasteiger partial charge in [0.05, 0.1) is 11.9 Å². The molecule has 0 bridgehead atoms. The highest BCUT2D eigenvalue weighted by Crippen LogP contribution is 2.29. The summed E-state index contributed by atoms with van der Waals surface area (Å²) in [5, 5.41) is 7.22. The van der Waals surface area contributed by atoms with Crippen molar-refractivity contribution in [1.29, 1.82) is 0 Å². The largest absolute Gasteiger partial charge is 0.277 e. The highest BCUT2D eigenvalue weighted by atomic mass is 15.1. The Morgan fingerprint density at radius 1 is 0.850 bits per heavy atom. The van der Waals surface area contributed by atoms with E-state index in [-0.39, 0.29) is 0 Å². The van der Waals surface area contributed by atoms with Gasteiger partial charge in [-0.25, -0.2) is 0 Å². The molecule has 0 amide bonds. The maximum atomic E-state index is 4.15. The third kappa shape index (κ3) is 2.94. The fraction of sp³-hybridized carbons (Fsp3) is 0.176. The van der Waals surface area contributed by atoms with Gasteiger partial charge in [0.2, 0.25) is 0 Å². The highest BCUT2D eigenvalue weighted by molar-refractivity contribution is 5.80. The van der Waals surface area contributed by atoms with Gasteiger partial charge in [-0.05, 0) is 24.6 Å². The molecule has 0 aliphatic carbocycles. The Bertz CT molecular complexity index is 640. The molecule has 2 heterocycles. The molecule has 0 atom stereocenters. The first kappa shape index (κ1) is 14.0. The molecule has 0 fully saturated rings. The molecular weight excluding hydrogens is 246 g/mol. The van der Waals surface area contributed by atoms with Crippen molar-refractivity contribution in [2.24, 2.45) is 0 Å². The van der Waals surface area contributed by atoms with E-state index < -0.39 is 0 Å². The van der Waals surface area contributed by atoms with E-state index in [1.165, 1.54) is 5.56 Å². The summed E-state index contributed by atoms with van der Waals surface area (Å²) < 4.78 is 0. The molecule has 1 N–H and O–H groups in total. The third-order valence-corrected chi connectivity index (χ3v) is 2.97. The van der Waals surface area contributed by atoms with E-state index in [9.17, 15) is 0 Å². The fourth-order valence-corrected chi connectivity index (χ4v) is 1.98. The SMILES string of the molecule is CC.Cc1ccc(-c2[nH]ncc2-c2ccncc2)cc1. The Morgan fingerprint density at radius 2 is 1.50 bits per heavy atom. The van der Waals surface area contributed by atoms with E-state index in [4.69, 9.17) is 0 Å². The smallest absolute Gasteiger partial charge is 0.0728 e. The molecule has 3 nitrogen and oxygen atoms in total. The van der Waals surface area contributed by atoms with Crippen molar-refractivity contribution in [3.63, 3.8) is 0 Å². The molecule has 0 aliphatic heterocycles. The van der Waals surface area contributed by atoms with E-state index in [1.54, 1.807) is 12.4 Å². The van der Waals surface area contributed by atoms with Crippen molar-refractivity contribution in [1.82, 2.24) is 15.2 Å². The van der Waals surface area contributed by atoms with Gasteiger partial charge in [-0.2, -0.15) is 5.10 Å². The maximum absolute atomic E-state index is 4.15. The Balaban J connectivity index is 0.000000704. The van der Waals surface area contributed by atoms with Gasteiger partial charge in [-0.1, -0.05) is 43.7 Å². The molecule has 102 valence electrons. The van der Waals surface area contributed by atoms with Gasteiger partial charge < -0.3 is 0 Å². The van der Waals surface area contributed by atoms with Gasteiger partial charge in [-0.3, -0.25) is 10.1 Å². The van der Waals surface area contributed by atoms with Crippen LogP contribution in [0, 0.1) is 6.92 Å². The lowest BCUT2D eigenvalue weighted by Gasteiger charge is -2.03. The van der Waals surface area contributed by atoms with E-state index in [0.717, 1.165) is 22.4 Å². The number of nitrogens with one attached hydrogen (secondary N) is 1. The van der Waals surface area contributed by atoms with E-state index in [2.05, 4.69) is 46.4 Å². The molecule has 3 rings (SSSR count). The minimum Gasteiger partial charge on any atom is -0.277 e. The predicted octanol–water partition coefficient (Wildman–Crippen LogP) is 4.47. The predicted molar refractivity (Wildman–Crippen MR) is 83.3 cm³/mol. The van der Waals surface area contributed by atoms with Crippen LogP contribution in [0.5, 0.6) is 0 Å². The summed E-state index contributed by atoms with van der Waals surface area (Å²) in [5.41, 5.74) is 5.66. The number of H-pyrrole nitrogens is 1. The van der Waals surface area contributed by atoms with Crippen molar-refractivity contribution in [3.8, 4) is 22.4 Å². The zero-order chi connectivity index (χ0) is 14.4. The van der Waals surface area contributed by atoms with Gasteiger partial charge in [0.25, 0.3) is 0 Å². The quantitative estimate of drug-likeness (QED) is 0.742. The van der Waals surface area contributed by atoms with E-state index in [1.807, 2.05) is 32.2 Å². The molecular formula is C17H19N3. The first-order chi connectivity index (χ1) is 9.84. The number of aromatic amines is 1. The summed E-state index contributed by atoms with van der Waals surface area (Å²) in [6.07, 6.45) is 5.44. The van der Waals surface area contributed by atoms with Crippen LogP contribution in [0.3, 0.4) is 0 Å². The van der Waals surface area contributed by atoms with Gasteiger partial charge in [0.1, 0.15) is 0 Å². The topological polar surface area (TPSA) is 41.6 Å². The van der Waals surface area contributed by atoms with Crippen molar-refractivity contribution < 1.29 is 0 Å². The van der Waals surface area contributed by atoms with Crippen molar-refractivity contribution >= 4 is 0 Å². The second kappa shape index (κ2) is 6.66. The number of aryl methyl sites for hydroxylation is 1. The van der Waals surface area contributed by atoms with Crippen molar-refractivity contribution in [2.45, 2.75) is 20.8 Å². The second-order valence-electron chi connectivity index (χ2n) is 4.26. The average molecular weight is 265 g/mol. The molecule has 1 aromatic carbocycles. The van der Waals surface area contributed by atoms with Crippen LogP contribution in [-0.2, 0) is 0 Å². The van der Waals surface area contributed by atoms with Crippen LogP contribution in [0.2, 0.25) is 0 Å². The normalized spacial score (nSPS) is 9.75. The number of pyridine rings is 1. The van der Waals surface area contributed by atoms with Gasteiger partial charge in [0.15, 0.2) is 0 Å². The zero-order valence-electron chi connectivity index (χ0n) is 12.1. The van der Waals surface area contributed by atoms with Crippen molar-refractivity contribution in [2.75, 3.05) is 0 Å². The van der Waals surface area contributed by atoms with Crippen LogP contribution >= 0.6 is 0 Å². The van der Waals surface area contributed by atoms with Crippen LogP contribution in [0.4, 0.5) is 0 Å². The zero-order valence-corrected chi connectivity index (χ0v) is 12.1. The van der Waals surface area contributed by atoms with Crippen molar-refractivity contribution in [3.05, 3.63) is 60.6 Å². The molecule has 0 saturated heterocycles.